The highest BCUT2D eigenvalue weighted by atomic mass is 32.2. The second-order valence-corrected chi connectivity index (χ2v) is 5.73. The lowest BCUT2D eigenvalue weighted by Crippen LogP contribution is -2.47. The van der Waals surface area contributed by atoms with Crippen molar-refractivity contribution in [3.05, 3.63) is 0 Å². The number of hydrogen-bond acceptors (Lipinski definition) is 3. The zero-order chi connectivity index (χ0) is 12.7. The van der Waals surface area contributed by atoms with Crippen molar-refractivity contribution in [2.45, 2.75) is 39.0 Å². The van der Waals surface area contributed by atoms with Gasteiger partial charge in [0.2, 0.25) is 5.91 Å². The molecule has 0 aliphatic heterocycles. The molecule has 0 unspecified atom stereocenters. The number of nitrogens with one attached hydrogen (secondary N) is 1. The minimum Gasteiger partial charge on any atom is -0.481 e. The average molecular weight is 259 g/mol. The van der Waals surface area contributed by atoms with Crippen LogP contribution < -0.4 is 5.32 Å². The first-order chi connectivity index (χ1) is 8.10. The van der Waals surface area contributed by atoms with E-state index in [1.54, 1.807) is 11.8 Å². The largest absolute Gasteiger partial charge is 0.481 e. The molecule has 0 aromatic carbocycles. The summed E-state index contributed by atoms with van der Waals surface area (Å²) in [6.07, 6.45) is 4.58. The number of thioether (sulfide) groups is 1. The predicted molar refractivity (Wildman–Crippen MR) is 69.2 cm³/mol. The van der Waals surface area contributed by atoms with E-state index < -0.39 is 11.4 Å². The predicted octanol–water partition coefficient (Wildman–Crippen LogP) is 1.89. The van der Waals surface area contributed by atoms with E-state index in [0.717, 1.165) is 25.0 Å². The molecule has 1 saturated carbocycles. The molecule has 0 aromatic rings. The van der Waals surface area contributed by atoms with Crippen molar-refractivity contribution < 1.29 is 14.7 Å². The molecule has 1 aliphatic rings. The monoisotopic (exact) mass is 259 g/mol. The topological polar surface area (TPSA) is 66.4 Å². The second kappa shape index (κ2) is 6.89. The number of rotatable bonds is 8. The maximum absolute atomic E-state index is 11.5. The number of carboxylic acid groups (broad SMARTS) is 1. The van der Waals surface area contributed by atoms with E-state index in [1.165, 1.54) is 0 Å². The Hall–Kier alpha value is -0.710. The zero-order valence-electron chi connectivity index (χ0n) is 10.3. The first-order valence-electron chi connectivity index (χ1n) is 6.18. The summed E-state index contributed by atoms with van der Waals surface area (Å²) in [5.74, 6) is 0.616. The van der Waals surface area contributed by atoms with Crippen molar-refractivity contribution in [1.82, 2.24) is 5.32 Å². The molecule has 1 amide bonds. The maximum atomic E-state index is 11.5. The summed E-state index contributed by atoms with van der Waals surface area (Å²) in [7, 11) is 0. The third-order valence-corrected chi connectivity index (χ3v) is 4.31. The summed E-state index contributed by atoms with van der Waals surface area (Å²) < 4.78 is 0. The smallest absolute Gasteiger partial charge is 0.311 e. The van der Waals surface area contributed by atoms with Crippen LogP contribution in [-0.4, -0.2) is 35.0 Å². The Morgan fingerprint density at radius 2 is 2.12 bits per heavy atom. The van der Waals surface area contributed by atoms with Gasteiger partial charge in [-0.25, -0.2) is 0 Å². The molecule has 4 nitrogen and oxygen atoms in total. The summed E-state index contributed by atoms with van der Waals surface area (Å²) >= 11 is 1.61. The van der Waals surface area contributed by atoms with Crippen molar-refractivity contribution >= 4 is 23.6 Å². The minimum absolute atomic E-state index is 0.0429. The Morgan fingerprint density at radius 1 is 1.41 bits per heavy atom. The minimum atomic E-state index is -0.775. The highest BCUT2D eigenvalue weighted by Gasteiger charge is 2.44. The van der Waals surface area contributed by atoms with Gasteiger partial charge < -0.3 is 10.4 Å². The zero-order valence-corrected chi connectivity index (χ0v) is 11.1. The van der Waals surface area contributed by atoms with Crippen LogP contribution in [-0.2, 0) is 9.59 Å². The number of hydrogen-bond donors (Lipinski definition) is 2. The van der Waals surface area contributed by atoms with Crippen molar-refractivity contribution in [2.75, 3.05) is 18.1 Å². The second-order valence-electron chi connectivity index (χ2n) is 4.62. The fraction of sp³-hybridized carbons (Fsp3) is 0.833. The number of carbonyl (C=O) groups is 2. The van der Waals surface area contributed by atoms with Crippen molar-refractivity contribution in [1.29, 1.82) is 0 Å². The molecule has 1 aliphatic carbocycles. The van der Waals surface area contributed by atoms with Crippen LogP contribution in [0.3, 0.4) is 0 Å². The molecule has 0 aromatic heterocycles. The molecule has 17 heavy (non-hydrogen) atoms. The van der Waals surface area contributed by atoms with Gasteiger partial charge in [0.15, 0.2) is 0 Å². The van der Waals surface area contributed by atoms with E-state index in [4.69, 9.17) is 5.11 Å². The van der Waals surface area contributed by atoms with Gasteiger partial charge in [-0.1, -0.05) is 19.8 Å². The number of unbranched alkanes of at least 4 members (excludes halogenated alkanes) is 1. The molecule has 2 N–H and O–H groups in total. The van der Waals surface area contributed by atoms with Crippen LogP contribution in [0.25, 0.3) is 0 Å². The Labute approximate surface area is 107 Å². The van der Waals surface area contributed by atoms with Gasteiger partial charge in [-0.05, 0) is 25.0 Å². The fourth-order valence-corrected chi connectivity index (χ4v) is 2.72. The van der Waals surface area contributed by atoms with Crippen LogP contribution in [0.2, 0.25) is 0 Å². The third-order valence-electron chi connectivity index (χ3n) is 3.26. The van der Waals surface area contributed by atoms with Crippen molar-refractivity contribution in [3.63, 3.8) is 0 Å². The van der Waals surface area contributed by atoms with Gasteiger partial charge in [0.05, 0.1) is 11.2 Å². The molecule has 5 heteroatoms. The lowest BCUT2D eigenvalue weighted by atomic mass is 9.69. The normalized spacial score (nSPS) is 17.2. The number of carbonyl (C=O) groups excluding carboxylic acids is 1. The fourth-order valence-electron chi connectivity index (χ4n) is 1.80. The molecular weight excluding hydrogens is 238 g/mol. The molecule has 0 saturated heterocycles. The maximum Gasteiger partial charge on any atom is 0.311 e. The summed E-state index contributed by atoms with van der Waals surface area (Å²) in [5.41, 5.74) is -0.677. The highest BCUT2D eigenvalue weighted by Crippen LogP contribution is 2.40. The molecule has 0 spiro atoms. The standard InChI is InChI=1S/C12H21NO3S/c1-2-3-7-17-8-10(14)13-9-12(11(15)16)5-4-6-12/h2-9H2,1H3,(H,13,14)(H,15,16). The van der Waals surface area contributed by atoms with E-state index in [0.29, 0.717) is 18.6 Å². The molecule has 98 valence electrons. The van der Waals surface area contributed by atoms with E-state index in [-0.39, 0.29) is 12.5 Å². The van der Waals surface area contributed by atoms with Gasteiger partial charge in [0.1, 0.15) is 0 Å². The Morgan fingerprint density at radius 3 is 2.59 bits per heavy atom. The highest BCUT2D eigenvalue weighted by molar-refractivity contribution is 7.99. The van der Waals surface area contributed by atoms with Crippen LogP contribution in [0.15, 0.2) is 0 Å². The van der Waals surface area contributed by atoms with E-state index in [2.05, 4.69) is 12.2 Å². The number of aliphatic carboxylic acids is 1. The summed E-state index contributed by atoms with van der Waals surface area (Å²) in [5, 5.41) is 11.8. The lowest BCUT2D eigenvalue weighted by molar-refractivity contribution is -0.154. The quantitative estimate of drug-likeness (QED) is 0.653. The first kappa shape index (κ1) is 14.4. The lowest BCUT2D eigenvalue weighted by Gasteiger charge is -2.37. The molecule has 0 radical (unpaired) electrons. The first-order valence-corrected chi connectivity index (χ1v) is 7.34. The van der Waals surface area contributed by atoms with Gasteiger partial charge in [-0.2, -0.15) is 11.8 Å². The summed E-state index contributed by atoms with van der Waals surface area (Å²) in [4.78, 5) is 22.5. The third kappa shape index (κ3) is 4.22. The van der Waals surface area contributed by atoms with Crippen molar-refractivity contribution in [2.24, 2.45) is 5.41 Å². The number of carboxylic acids is 1. The van der Waals surface area contributed by atoms with Crippen LogP contribution in [0.5, 0.6) is 0 Å². The van der Waals surface area contributed by atoms with E-state index in [9.17, 15) is 9.59 Å². The molecule has 1 rings (SSSR count). The van der Waals surface area contributed by atoms with Crippen LogP contribution in [0.1, 0.15) is 39.0 Å². The van der Waals surface area contributed by atoms with Crippen LogP contribution in [0, 0.1) is 5.41 Å². The Balaban J connectivity index is 2.16. The molecule has 0 atom stereocenters. The van der Waals surface area contributed by atoms with Gasteiger partial charge in [-0.15, -0.1) is 0 Å². The molecular formula is C12H21NO3S. The van der Waals surface area contributed by atoms with Gasteiger partial charge in [0, 0.05) is 6.54 Å². The van der Waals surface area contributed by atoms with Gasteiger partial charge in [0.25, 0.3) is 0 Å². The average Bonchev–Trinajstić information content (AvgIpc) is 2.22. The Bertz CT molecular complexity index is 277. The van der Waals surface area contributed by atoms with Crippen molar-refractivity contribution in [3.8, 4) is 0 Å². The number of amides is 1. The van der Waals surface area contributed by atoms with Crippen LogP contribution in [0.4, 0.5) is 0 Å². The SMILES string of the molecule is CCCCSCC(=O)NCC1(C(=O)O)CCC1. The summed E-state index contributed by atoms with van der Waals surface area (Å²) in [6.45, 7) is 2.41. The van der Waals surface area contributed by atoms with Gasteiger partial charge >= 0.3 is 5.97 Å². The van der Waals surface area contributed by atoms with E-state index in [1.807, 2.05) is 0 Å². The van der Waals surface area contributed by atoms with E-state index >= 15 is 0 Å². The van der Waals surface area contributed by atoms with Gasteiger partial charge in [-0.3, -0.25) is 9.59 Å². The molecule has 1 fully saturated rings. The van der Waals surface area contributed by atoms with Crippen LogP contribution >= 0.6 is 11.8 Å². The molecule has 0 bridgehead atoms. The molecule has 0 heterocycles. The summed E-state index contributed by atoms with van der Waals surface area (Å²) in [6, 6.07) is 0. The Kier molecular flexibility index (Phi) is 5.82.